The van der Waals surface area contributed by atoms with E-state index in [0.29, 0.717) is 23.9 Å². The zero-order chi connectivity index (χ0) is 15.0. The average Bonchev–Trinajstić information content (AvgIpc) is 2.42. The van der Waals surface area contributed by atoms with E-state index in [-0.39, 0.29) is 5.11 Å². The summed E-state index contributed by atoms with van der Waals surface area (Å²) in [5, 5.41) is 5.32. The number of benzene rings is 1. The molecule has 8 heteroatoms. The Balaban J connectivity index is 2.66. The van der Waals surface area contributed by atoms with E-state index in [1.165, 1.54) is 7.11 Å². The van der Waals surface area contributed by atoms with Crippen LogP contribution < -0.4 is 16.4 Å². The van der Waals surface area contributed by atoms with E-state index >= 15 is 0 Å². The van der Waals surface area contributed by atoms with Gasteiger partial charge in [0, 0.05) is 11.5 Å². The minimum atomic E-state index is -0.636. The van der Waals surface area contributed by atoms with Gasteiger partial charge < -0.3 is 20.5 Å². The Labute approximate surface area is 127 Å². The van der Waals surface area contributed by atoms with Crippen molar-refractivity contribution in [3.63, 3.8) is 0 Å². The molecule has 0 unspecified atom stereocenters. The van der Waals surface area contributed by atoms with Gasteiger partial charge in [0.25, 0.3) is 0 Å². The Bertz CT molecular complexity index is 483. The van der Waals surface area contributed by atoms with Crippen molar-refractivity contribution < 1.29 is 14.3 Å². The lowest BCUT2D eigenvalue weighted by molar-refractivity contribution is 0.177. The molecule has 1 aromatic rings. The van der Waals surface area contributed by atoms with Crippen LogP contribution in [0.2, 0.25) is 0 Å². The number of hydrogen-bond donors (Lipinski definition) is 3. The van der Waals surface area contributed by atoms with Gasteiger partial charge in [-0.25, -0.2) is 4.79 Å². The second-order valence-corrected chi connectivity index (χ2v) is 4.98. The maximum absolute atomic E-state index is 11.0. The number of thiocarbonyl (C=S) groups is 1. The van der Waals surface area contributed by atoms with Crippen molar-refractivity contribution in [3.8, 4) is 0 Å². The van der Waals surface area contributed by atoms with Crippen LogP contribution in [0.25, 0.3) is 0 Å². The molecular weight excluding hydrogens is 298 g/mol. The summed E-state index contributed by atoms with van der Waals surface area (Å²) in [5.41, 5.74) is 7.00. The lowest BCUT2D eigenvalue weighted by Crippen LogP contribution is -2.34. The molecule has 4 N–H and O–H groups in total. The summed E-state index contributed by atoms with van der Waals surface area (Å²) >= 11 is 6.52. The van der Waals surface area contributed by atoms with Gasteiger partial charge in [0.1, 0.15) is 0 Å². The van der Waals surface area contributed by atoms with Crippen molar-refractivity contribution in [2.45, 2.75) is 11.8 Å². The number of nitrogen functional groups attached to an aromatic ring is 1. The Morgan fingerprint density at radius 2 is 2.25 bits per heavy atom. The van der Waals surface area contributed by atoms with Crippen LogP contribution in [0, 0.1) is 0 Å². The Kier molecular flexibility index (Phi) is 7.13. The minimum Gasteiger partial charge on any atom is -0.453 e. The maximum atomic E-state index is 11.0. The lowest BCUT2D eigenvalue weighted by Gasteiger charge is -2.12. The summed E-state index contributed by atoms with van der Waals surface area (Å²) in [6.45, 7) is 2.60. The van der Waals surface area contributed by atoms with Gasteiger partial charge in [0.15, 0.2) is 5.11 Å². The zero-order valence-corrected chi connectivity index (χ0v) is 12.9. The fourth-order valence-electron chi connectivity index (χ4n) is 1.22. The van der Waals surface area contributed by atoms with Gasteiger partial charge in [-0.15, -0.1) is 0 Å². The van der Waals surface area contributed by atoms with Gasteiger partial charge in [-0.2, -0.15) is 0 Å². The molecule has 1 amide bonds. The minimum absolute atomic E-state index is 0.121. The topological polar surface area (TPSA) is 85.6 Å². The molecule has 0 aliphatic carbocycles. The van der Waals surface area contributed by atoms with Crippen molar-refractivity contribution in [3.05, 3.63) is 18.2 Å². The van der Waals surface area contributed by atoms with E-state index < -0.39 is 6.09 Å². The summed E-state index contributed by atoms with van der Waals surface area (Å²) in [6.07, 6.45) is -0.636. The average molecular weight is 315 g/mol. The van der Waals surface area contributed by atoms with Crippen molar-refractivity contribution in [2.24, 2.45) is 0 Å². The number of nitrogens with one attached hydrogen (secondary N) is 2. The number of alkyl carbamates (subject to hydrolysis) is 1. The van der Waals surface area contributed by atoms with E-state index in [1.54, 1.807) is 17.8 Å². The Morgan fingerprint density at radius 1 is 1.50 bits per heavy atom. The number of rotatable bonds is 5. The highest BCUT2D eigenvalue weighted by atomic mass is 32.2. The van der Waals surface area contributed by atoms with Gasteiger partial charge in [-0.3, -0.25) is 5.32 Å². The fourth-order valence-corrected chi connectivity index (χ4v) is 2.17. The number of ether oxygens (including phenoxy) is 2. The number of thioether (sulfide) groups is 1. The molecule has 20 heavy (non-hydrogen) atoms. The molecule has 0 bridgehead atoms. The van der Waals surface area contributed by atoms with Crippen LogP contribution in [0.4, 0.5) is 16.2 Å². The smallest absolute Gasteiger partial charge is 0.413 e. The van der Waals surface area contributed by atoms with E-state index in [4.69, 9.17) is 22.7 Å². The van der Waals surface area contributed by atoms with Gasteiger partial charge in [0.2, 0.25) is 0 Å². The molecule has 1 aromatic carbocycles. The second kappa shape index (κ2) is 8.62. The summed E-state index contributed by atoms with van der Waals surface area (Å²) in [5.74, 6) is 0.560. The monoisotopic (exact) mass is 315 g/mol. The molecular formula is C12H17N3O3S2. The van der Waals surface area contributed by atoms with E-state index in [0.717, 1.165) is 4.90 Å². The fraction of sp³-hybridized carbons (Fsp3) is 0.333. The maximum Gasteiger partial charge on any atom is 0.413 e. The third kappa shape index (κ3) is 5.64. The van der Waals surface area contributed by atoms with Crippen LogP contribution in [0.1, 0.15) is 6.92 Å². The lowest BCUT2D eigenvalue weighted by atomic mass is 10.3. The Morgan fingerprint density at radius 3 is 2.90 bits per heavy atom. The largest absolute Gasteiger partial charge is 0.453 e. The van der Waals surface area contributed by atoms with Crippen molar-refractivity contribution in [1.82, 2.24) is 5.32 Å². The van der Waals surface area contributed by atoms with E-state index in [1.807, 2.05) is 19.1 Å². The number of amides is 1. The molecule has 0 spiro atoms. The highest BCUT2D eigenvalue weighted by Crippen LogP contribution is 2.26. The van der Waals surface area contributed by atoms with Crippen LogP contribution in [0.15, 0.2) is 23.1 Å². The Hall–Kier alpha value is -1.51. The first-order chi connectivity index (χ1) is 9.56. The normalized spacial score (nSPS) is 9.90. The molecule has 0 aliphatic rings. The van der Waals surface area contributed by atoms with Crippen LogP contribution in [0.3, 0.4) is 0 Å². The van der Waals surface area contributed by atoms with Gasteiger partial charge in [-0.1, -0.05) is 11.8 Å². The molecule has 0 aromatic heterocycles. The first kappa shape index (κ1) is 16.5. The first-order valence-electron chi connectivity index (χ1n) is 5.82. The molecule has 0 saturated carbocycles. The number of nitrogens with two attached hydrogens (primary N) is 1. The van der Waals surface area contributed by atoms with Gasteiger partial charge >= 0.3 is 6.09 Å². The molecule has 1 rings (SSSR count). The standard InChI is InChI=1S/C12H17N3O3S2/c1-3-18-7-20-8-4-5-9(13)10(6-8)14-11(19)15-12(16)17-2/h4-6H,3,7,13H2,1-2H3,(H2,14,15,16,19). The quantitative estimate of drug-likeness (QED) is 0.253. The molecule has 0 saturated heterocycles. The predicted octanol–water partition coefficient (Wildman–Crippen LogP) is 2.41. The van der Waals surface area contributed by atoms with Crippen LogP contribution in [0.5, 0.6) is 0 Å². The molecule has 6 nitrogen and oxygen atoms in total. The third-order valence-corrected chi connectivity index (χ3v) is 3.26. The number of hydrogen-bond acceptors (Lipinski definition) is 6. The number of methoxy groups -OCH3 is 1. The van der Waals surface area contributed by atoms with Crippen molar-refractivity contribution in [2.75, 3.05) is 30.7 Å². The van der Waals surface area contributed by atoms with Gasteiger partial charge in [-0.05, 0) is 37.3 Å². The number of carbonyl (C=O) groups excluding carboxylic acids is 1. The predicted molar refractivity (Wildman–Crippen MR) is 85.0 cm³/mol. The highest BCUT2D eigenvalue weighted by molar-refractivity contribution is 7.99. The van der Waals surface area contributed by atoms with Crippen molar-refractivity contribution in [1.29, 1.82) is 0 Å². The molecule has 0 fully saturated rings. The molecule has 0 heterocycles. The van der Waals surface area contributed by atoms with Crippen LogP contribution >= 0.6 is 24.0 Å². The summed E-state index contributed by atoms with van der Waals surface area (Å²) < 4.78 is 9.72. The molecule has 0 aliphatic heterocycles. The van der Waals surface area contributed by atoms with Crippen molar-refractivity contribution >= 4 is 46.6 Å². The number of anilines is 2. The highest BCUT2D eigenvalue weighted by Gasteiger charge is 2.07. The van der Waals surface area contributed by atoms with Crippen LogP contribution in [-0.4, -0.2) is 30.9 Å². The first-order valence-corrected chi connectivity index (χ1v) is 7.22. The SMILES string of the molecule is CCOCSc1ccc(N)c(NC(=S)NC(=O)OC)c1. The summed E-state index contributed by atoms with van der Waals surface area (Å²) in [6, 6.07) is 5.49. The second-order valence-electron chi connectivity index (χ2n) is 3.57. The number of carbonyl (C=O) groups is 1. The summed E-state index contributed by atoms with van der Waals surface area (Å²) in [4.78, 5) is 12.0. The van der Waals surface area contributed by atoms with E-state index in [2.05, 4.69) is 15.4 Å². The zero-order valence-electron chi connectivity index (χ0n) is 11.3. The molecule has 110 valence electrons. The molecule has 0 atom stereocenters. The van der Waals surface area contributed by atoms with E-state index in [9.17, 15) is 4.79 Å². The summed E-state index contributed by atoms with van der Waals surface area (Å²) in [7, 11) is 1.26. The third-order valence-electron chi connectivity index (χ3n) is 2.19. The molecule has 0 radical (unpaired) electrons. The van der Waals surface area contributed by atoms with Gasteiger partial charge in [0.05, 0.1) is 24.4 Å². The van der Waals surface area contributed by atoms with Crippen LogP contribution in [-0.2, 0) is 9.47 Å².